The second-order valence-corrected chi connectivity index (χ2v) is 3.62. The van der Waals surface area contributed by atoms with Crippen molar-refractivity contribution in [1.29, 1.82) is 0 Å². The molecule has 0 radical (unpaired) electrons. The summed E-state index contributed by atoms with van der Waals surface area (Å²) in [6.45, 7) is 3.22. The summed E-state index contributed by atoms with van der Waals surface area (Å²) in [6.07, 6.45) is 2.47. The van der Waals surface area contributed by atoms with E-state index in [0.717, 1.165) is 25.9 Å². The smallest absolute Gasteiger partial charge is 0.166 e. The zero-order chi connectivity index (χ0) is 9.68. The second kappa shape index (κ2) is 5.35. The maximum absolute atomic E-state index is 11.6. The van der Waals surface area contributed by atoms with Crippen molar-refractivity contribution in [3.63, 3.8) is 0 Å². The van der Waals surface area contributed by atoms with Gasteiger partial charge in [0.1, 0.15) is 6.10 Å². The number of ketones is 1. The Labute approximate surface area is 79.1 Å². The van der Waals surface area contributed by atoms with Crippen molar-refractivity contribution in [2.75, 3.05) is 13.2 Å². The molecule has 1 fully saturated rings. The van der Waals surface area contributed by atoms with Gasteiger partial charge in [0.15, 0.2) is 5.78 Å². The van der Waals surface area contributed by atoms with Crippen LogP contribution in [0.25, 0.3) is 0 Å². The Morgan fingerprint density at radius 2 is 2.46 bits per heavy atom. The van der Waals surface area contributed by atoms with Crippen LogP contribution in [0.15, 0.2) is 0 Å². The molecule has 0 aromatic carbocycles. The molecule has 0 amide bonds. The minimum Gasteiger partial charge on any atom is -0.385 e. The third-order valence-electron chi connectivity index (χ3n) is 2.45. The van der Waals surface area contributed by atoms with E-state index in [9.17, 15) is 9.90 Å². The molecule has 1 aliphatic rings. The molecule has 0 aromatic rings. The number of aliphatic hydroxyl groups is 1. The number of aliphatic hydroxyl groups excluding tert-OH is 1. The molecule has 3 nitrogen and oxygen atoms in total. The van der Waals surface area contributed by atoms with Crippen LogP contribution in [0.4, 0.5) is 0 Å². The van der Waals surface area contributed by atoms with Crippen molar-refractivity contribution in [1.82, 2.24) is 0 Å². The zero-order valence-corrected chi connectivity index (χ0v) is 8.16. The first kappa shape index (κ1) is 10.7. The second-order valence-electron chi connectivity index (χ2n) is 3.62. The van der Waals surface area contributed by atoms with Gasteiger partial charge >= 0.3 is 0 Å². The van der Waals surface area contributed by atoms with Crippen LogP contribution in [0.2, 0.25) is 0 Å². The van der Waals surface area contributed by atoms with E-state index in [4.69, 9.17) is 4.74 Å². The molecule has 1 rings (SSSR count). The first-order chi connectivity index (χ1) is 6.25. The van der Waals surface area contributed by atoms with Crippen molar-refractivity contribution >= 4 is 5.78 Å². The molecule has 1 aliphatic heterocycles. The van der Waals surface area contributed by atoms with Crippen molar-refractivity contribution in [2.24, 2.45) is 5.92 Å². The van der Waals surface area contributed by atoms with E-state index in [2.05, 4.69) is 0 Å². The molecule has 3 heteroatoms. The highest BCUT2D eigenvalue weighted by Crippen LogP contribution is 2.17. The number of ether oxygens (including phenoxy) is 1. The van der Waals surface area contributed by atoms with Gasteiger partial charge in [0.25, 0.3) is 0 Å². The molecule has 0 aliphatic carbocycles. The Morgan fingerprint density at radius 3 is 3.00 bits per heavy atom. The molecule has 2 atom stereocenters. The summed E-state index contributed by atoms with van der Waals surface area (Å²) in [7, 11) is 0. The summed E-state index contributed by atoms with van der Waals surface area (Å²) in [6, 6.07) is 0. The van der Waals surface area contributed by atoms with Gasteiger partial charge in [-0.15, -0.1) is 0 Å². The summed E-state index contributed by atoms with van der Waals surface area (Å²) < 4.78 is 5.20. The Morgan fingerprint density at radius 1 is 1.69 bits per heavy atom. The topological polar surface area (TPSA) is 46.5 Å². The Bertz CT molecular complexity index is 162. The average molecular weight is 186 g/mol. The van der Waals surface area contributed by atoms with Gasteiger partial charge in [0.2, 0.25) is 0 Å². The molecule has 0 aromatic heterocycles. The number of rotatable bonds is 4. The third-order valence-corrected chi connectivity index (χ3v) is 2.45. The van der Waals surface area contributed by atoms with E-state index in [-0.39, 0.29) is 11.7 Å². The van der Waals surface area contributed by atoms with Gasteiger partial charge in [-0.3, -0.25) is 4.79 Å². The van der Waals surface area contributed by atoms with Gasteiger partial charge in [-0.1, -0.05) is 13.3 Å². The van der Waals surface area contributed by atoms with Crippen LogP contribution in [-0.2, 0) is 9.53 Å². The molecular weight excluding hydrogens is 168 g/mol. The monoisotopic (exact) mass is 186 g/mol. The van der Waals surface area contributed by atoms with Gasteiger partial charge in [-0.05, 0) is 19.3 Å². The van der Waals surface area contributed by atoms with Crippen LogP contribution in [0.3, 0.4) is 0 Å². The Balaban J connectivity index is 2.36. The van der Waals surface area contributed by atoms with E-state index in [1.54, 1.807) is 0 Å². The lowest BCUT2D eigenvalue weighted by atomic mass is 9.92. The molecule has 2 unspecified atom stereocenters. The number of carbonyl (C=O) groups excluding carboxylic acids is 1. The summed E-state index contributed by atoms with van der Waals surface area (Å²) in [5.41, 5.74) is 0. The highest BCUT2D eigenvalue weighted by atomic mass is 16.5. The van der Waals surface area contributed by atoms with Crippen molar-refractivity contribution in [2.45, 2.75) is 38.7 Å². The molecule has 76 valence electrons. The van der Waals surface area contributed by atoms with Crippen molar-refractivity contribution in [3.8, 4) is 0 Å². The highest BCUT2D eigenvalue weighted by molar-refractivity contribution is 5.85. The zero-order valence-electron chi connectivity index (χ0n) is 8.16. The van der Waals surface area contributed by atoms with E-state index < -0.39 is 6.10 Å². The lowest BCUT2D eigenvalue weighted by Gasteiger charge is -2.22. The lowest BCUT2D eigenvalue weighted by Crippen LogP contribution is -2.33. The van der Waals surface area contributed by atoms with Crippen molar-refractivity contribution in [3.05, 3.63) is 0 Å². The predicted octanol–water partition coefficient (Wildman–Crippen LogP) is 1.14. The van der Waals surface area contributed by atoms with Gasteiger partial charge in [0, 0.05) is 12.5 Å². The standard InChI is InChI=1S/C10H18O3/c1-2-4-9(11)10(12)8-5-3-6-13-7-8/h8-9,11H,2-7H2,1H3. The van der Waals surface area contributed by atoms with E-state index in [1.807, 2.05) is 6.92 Å². The van der Waals surface area contributed by atoms with Gasteiger partial charge in [-0.25, -0.2) is 0 Å². The average Bonchev–Trinajstić information content (AvgIpc) is 2.18. The number of carbonyl (C=O) groups is 1. The van der Waals surface area contributed by atoms with E-state index >= 15 is 0 Å². The minimum atomic E-state index is -0.767. The van der Waals surface area contributed by atoms with Gasteiger partial charge in [0.05, 0.1) is 6.61 Å². The van der Waals surface area contributed by atoms with Gasteiger partial charge in [-0.2, -0.15) is 0 Å². The summed E-state index contributed by atoms with van der Waals surface area (Å²) >= 11 is 0. The minimum absolute atomic E-state index is 0.0263. The molecule has 0 saturated carbocycles. The lowest BCUT2D eigenvalue weighted by molar-refractivity contribution is -0.135. The maximum atomic E-state index is 11.6. The third kappa shape index (κ3) is 3.08. The first-order valence-corrected chi connectivity index (χ1v) is 5.05. The largest absolute Gasteiger partial charge is 0.385 e. The first-order valence-electron chi connectivity index (χ1n) is 5.05. The summed E-state index contributed by atoms with van der Waals surface area (Å²) in [5, 5.41) is 9.46. The fourth-order valence-electron chi connectivity index (χ4n) is 1.65. The van der Waals surface area contributed by atoms with Crippen LogP contribution >= 0.6 is 0 Å². The SMILES string of the molecule is CCCC(O)C(=O)C1CCCOC1. The molecule has 1 heterocycles. The number of hydrogen-bond acceptors (Lipinski definition) is 3. The normalized spacial score (nSPS) is 25.5. The number of Topliss-reactive ketones (excluding diaryl/α,β-unsaturated/α-hetero) is 1. The van der Waals surface area contributed by atoms with Crippen LogP contribution < -0.4 is 0 Å². The molecule has 1 N–H and O–H groups in total. The summed E-state index contributed by atoms with van der Waals surface area (Å²) in [5.74, 6) is -0.0862. The quantitative estimate of drug-likeness (QED) is 0.716. The molecular formula is C10H18O3. The van der Waals surface area contributed by atoms with Crippen LogP contribution in [-0.4, -0.2) is 30.2 Å². The van der Waals surface area contributed by atoms with Crippen LogP contribution in [0.5, 0.6) is 0 Å². The van der Waals surface area contributed by atoms with Crippen LogP contribution in [0, 0.1) is 5.92 Å². The number of hydrogen-bond donors (Lipinski definition) is 1. The van der Waals surface area contributed by atoms with Crippen molar-refractivity contribution < 1.29 is 14.6 Å². The fourth-order valence-corrected chi connectivity index (χ4v) is 1.65. The summed E-state index contributed by atoms with van der Waals surface area (Å²) in [4.78, 5) is 11.6. The Kier molecular flexibility index (Phi) is 4.39. The predicted molar refractivity (Wildman–Crippen MR) is 49.5 cm³/mol. The van der Waals surface area contributed by atoms with Gasteiger partial charge < -0.3 is 9.84 Å². The molecule has 0 bridgehead atoms. The molecule has 1 saturated heterocycles. The maximum Gasteiger partial charge on any atom is 0.166 e. The van der Waals surface area contributed by atoms with E-state index in [1.165, 1.54) is 0 Å². The molecule has 0 spiro atoms. The highest BCUT2D eigenvalue weighted by Gasteiger charge is 2.26. The molecule has 13 heavy (non-hydrogen) atoms. The van der Waals surface area contributed by atoms with E-state index in [0.29, 0.717) is 13.0 Å². The Hall–Kier alpha value is -0.410. The van der Waals surface area contributed by atoms with Crippen LogP contribution in [0.1, 0.15) is 32.6 Å². The fraction of sp³-hybridized carbons (Fsp3) is 0.900.